The van der Waals surface area contributed by atoms with E-state index in [0.717, 1.165) is 13.1 Å². The molecule has 0 bridgehead atoms. The van der Waals surface area contributed by atoms with Gasteiger partial charge in [-0.3, -0.25) is 9.59 Å². The molecule has 1 amide bonds. The average molecular weight is 457 g/mol. The highest BCUT2D eigenvalue weighted by atomic mass is 19.1. The number of ketones is 1. The third kappa shape index (κ3) is 5.01. The number of phenols is 1. The fourth-order valence-corrected chi connectivity index (χ4v) is 3.98. The molecule has 2 aromatic rings. The number of carbonyl (C=O) groups excluding carboxylic acids is 2. The van der Waals surface area contributed by atoms with Crippen LogP contribution in [0.25, 0.3) is 5.76 Å². The van der Waals surface area contributed by atoms with Crippen LogP contribution in [0.1, 0.15) is 37.9 Å². The summed E-state index contributed by atoms with van der Waals surface area (Å²) in [6, 6.07) is 8.77. The number of carbonyl (C=O) groups is 2. The van der Waals surface area contributed by atoms with Crippen molar-refractivity contribution in [1.29, 1.82) is 0 Å². The van der Waals surface area contributed by atoms with Crippen molar-refractivity contribution in [3.8, 4) is 11.5 Å². The largest absolute Gasteiger partial charge is 0.507 e. The third-order valence-electron chi connectivity index (χ3n) is 5.81. The molecule has 0 aromatic heterocycles. The lowest BCUT2D eigenvalue weighted by atomic mass is 9.95. The Morgan fingerprint density at radius 1 is 1.09 bits per heavy atom. The highest BCUT2D eigenvalue weighted by Crippen LogP contribution is 2.41. The maximum Gasteiger partial charge on any atom is 0.295 e. The summed E-state index contributed by atoms with van der Waals surface area (Å²) in [7, 11) is 0. The molecule has 176 valence electrons. The summed E-state index contributed by atoms with van der Waals surface area (Å²) < 4.78 is 18.9. The zero-order valence-electron chi connectivity index (χ0n) is 19.0. The number of hydrogen-bond acceptors (Lipinski definition) is 6. The smallest absolute Gasteiger partial charge is 0.295 e. The number of Topliss-reactive ketones (excluding diaryl/α,β-unsaturated/α-hetero) is 1. The van der Waals surface area contributed by atoms with Crippen molar-refractivity contribution in [2.75, 3.05) is 32.8 Å². The second kappa shape index (κ2) is 10.5. The fourth-order valence-electron chi connectivity index (χ4n) is 3.98. The lowest BCUT2D eigenvalue weighted by Gasteiger charge is -2.28. The number of aromatic hydroxyl groups is 1. The second-order valence-corrected chi connectivity index (χ2v) is 7.69. The van der Waals surface area contributed by atoms with E-state index in [1.165, 1.54) is 35.2 Å². The minimum absolute atomic E-state index is 0.0702. The number of halogens is 1. The van der Waals surface area contributed by atoms with Crippen molar-refractivity contribution in [3.05, 3.63) is 65.0 Å². The Balaban J connectivity index is 2.13. The number of hydrogen-bond donors (Lipinski definition) is 2. The Bertz CT molecular complexity index is 1050. The number of likely N-dealkylation sites (tertiary alicyclic amines) is 1. The van der Waals surface area contributed by atoms with Crippen LogP contribution in [0.15, 0.2) is 48.0 Å². The van der Waals surface area contributed by atoms with Crippen LogP contribution < -0.4 is 4.74 Å². The van der Waals surface area contributed by atoms with Crippen molar-refractivity contribution in [2.24, 2.45) is 0 Å². The van der Waals surface area contributed by atoms with Crippen molar-refractivity contribution in [2.45, 2.75) is 26.8 Å². The average Bonchev–Trinajstić information content (AvgIpc) is 3.06. The number of amides is 1. The Morgan fingerprint density at radius 3 is 2.36 bits per heavy atom. The molecule has 2 N–H and O–H groups in total. The quantitative estimate of drug-likeness (QED) is 0.340. The van der Waals surface area contributed by atoms with Gasteiger partial charge in [0.2, 0.25) is 0 Å². The summed E-state index contributed by atoms with van der Waals surface area (Å²) in [5.74, 6) is -2.25. The van der Waals surface area contributed by atoms with E-state index in [9.17, 15) is 24.2 Å². The molecule has 7 nitrogen and oxygen atoms in total. The van der Waals surface area contributed by atoms with Crippen molar-refractivity contribution in [1.82, 2.24) is 9.80 Å². The standard InChI is InChI=1S/C25H29FN2O5/c1-4-27(5-2)13-14-28-22(17-9-12-19(29)20(15-17)33-6-3)21(24(31)25(28)32)23(30)16-7-10-18(26)11-8-16/h7-12,15,22,29-30H,4-6,13-14H2,1-3H3/b23-21-. The number of aliphatic hydroxyl groups is 1. The zero-order chi connectivity index (χ0) is 24.1. The topological polar surface area (TPSA) is 90.3 Å². The van der Waals surface area contributed by atoms with Crippen LogP contribution in [-0.4, -0.2) is 64.5 Å². The molecular weight excluding hydrogens is 427 g/mol. The van der Waals surface area contributed by atoms with Gasteiger partial charge in [0.25, 0.3) is 11.7 Å². The maximum atomic E-state index is 13.4. The molecule has 2 aromatic carbocycles. The lowest BCUT2D eigenvalue weighted by Crippen LogP contribution is -2.38. The first-order valence-corrected chi connectivity index (χ1v) is 11.0. The first kappa shape index (κ1) is 24.3. The van der Waals surface area contributed by atoms with Gasteiger partial charge in [-0.25, -0.2) is 4.39 Å². The zero-order valence-corrected chi connectivity index (χ0v) is 19.0. The highest BCUT2D eigenvalue weighted by Gasteiger charge is 2.46. The molecule has 3 rings (SSSR count). The van der Waals surface area contributed by atoms with Gasteiger partial charge in [-0.1, -0.05) is 19.9 Å². The molecule has 0 saturated carbocycles. The van der Waals surface area contributed by atoms with Gasteiger partial charge in [0.05, 0.1) is 18.2 Å². The predicted molar refractivity (Wildman–Crippen MR) is 122 cm³/mol. The van der Waals surface area contributed by atoms with E-state index >= 15 is 0 Å². The number of likely N-dealkylation sites (N-methyl/N-ethyl adjacent to an activating group) is 1. The van der Waals surface area contributed by atoms with E-state index in [2.05, 4.69) is 4.90 Å². The number of phenolic OH excluding ortho intramolecular Hbond substituents is 1. The Morgan fingerprint density at radius 2 is 1.76 bits per heavy atom. The number of nitrogens with zero attached hydrogens (tertiary/aromatic N) is 2. The van der Waals surface area contributed by atoms with Gasteiger partial charge < -0.3 is 24.7 Å². The molecule has 1 saturated heterocycles. The summed E-state index contributed by atoms with van der Waals surface area (Å²) in [5.41, 5.74) is 0.657. The van der Waals surface area contributed by atoms with Gasteiger partial charge in [-0.2, -0.15) is 0 Å². The predicted octanol–water partition coefficient (Wildman–Crippen LogP) is 3.69. The summed E-state index contributed by atoms with van der Waals surface area (Å²) in [4.78, 5) is 29.6. The first-order chi connectivity index (χ1) is 15.8. The number of ether oxygens (including phenoxy) is 1. The fraction of sp³-hybridized carbons (Fsp3) is 0.360. The number of aliphatic hydroxyl groups excluding tert-OH is 1. The van der Waals surface area contributed by atoms with E-state index in [1.54, 1.807) is 19.1 Å². The van der Waals surface area contributed by atoms with Crippen LogP contribution in [0.5, 0.6) is 11.5 Å². The minimum Gasteiger partial charge on any atom is -0.507 e. The van der Waals surface area contributed by atoms with Gasteiger partial charge in [-0.05, 0) is 62.0 Å². The van der Waals surface area contributed by atoms with Crippen LogP contribution >= 0.6 is 0 Å². The molecule has 0 spiro atoms. The van der Waals surface area contributed by atoms with Crippen molar-refractivity contribution >= 4 is 17.4 Å². The second-order valence-electron chi connectivity index (χ2n) is 7.69. The van der Waals surface area contributed by atoms with E-state index in [4.69, 9.17) is 4.74 Å². The first-order valence-electron chi connectivity index (χ1n) is 11.0. The van der Waals surface area contributed by atoms with Gasteiger partial charge in [0, 0.05) is 18.7 Å². The molecule has 0 aliphatic carbocycles. The Kier molecular flexibility index (Phi) is 7.71. The minimum atomic E-state index is -0.884. The maximum absolute atomic E-state index is 13.4. The molecule has 1 unspecified atom stereocenters. The van der Waals surface area contributed by atoms with Gasteiger partial charge in [0.15, 0.2) is 11.5 Å². The van der Waals surface area contributed by atoms with E-state index in [1.807, 2.05) is 13.8 Å². The van der Waals surface area contributed by atoms with Crippen LogP contribution in [0.3, 0.4) is 0 Å². The van der Waals surface area contributed by atoms with Crippen LogP contribution in [-0.2, 0) is 9.59 Å². The SMILES string of the molecule is CCOc1cc(C2/C(=C(/O)c3ccc(F)cc3)C(=O)C(=O)N2CCN(CC)CC)ccc1O. The number of benzene rings is 2. The molecule has 1 heterocycles. The normalized spacial score (nSPS) is 17.7. The molecule has 1 aliphatic heterocycles. The van der Waals surface area contributed by atoms with Crippen molar-refractivity contribution in [3.63, 3.8) is 0 Å². The van der Waals surface area contributed by atoms with Gasteiger partial charge in [0.1, 0.15) is 11.6 Å². The van der Waals surface area contributed by atoms with E-state index in [0.29, 0.717) is 18.7 Å². The molecule has 1 atom stereocenters. The molecule has 1 fully saturated rings. The van der Waals surface area contributed by atoms with Crippen molar-refractivity contribution < 1.29 is 28.9 Å². The molecule has 1 aliphatic rings. The molecule has 33 heavy (non-hydrogen) atoms. The lowest BCUT2D eigenvalue weighted by molar-refractivity contribution is -0.140. The summed E-state index contributed by atoms with van der Waals surface area (Å²) in [6.45, 7) is 8.50. The summed E-state index contributed by atoms with van der Waals surface area (Å²) in [6.07, 6.45) is 0. The summed E-state index contributed by atoms with van der Waals surface area (Å²) >= 11 is 0. The van der Waals surface area contributed by atoms with Crippen LogP contribution in [0, 0.1) is 5.82 Å². The van der Waals surface area contributed by atoms with E-state index in [-0.39, 0.29) is 34.9 Å². The number of rotatable bonds is 9. The molecule has 8 heteroatoms. The van der Waals surface area contributed by atoms with Gasteiger partial charge in [-0.15, -0.1) is 0 Å². The van der Waals surface area contributed by atoms with Crippen LogP contribution in [0.2, 0.25) is 0 Å². The third-order valence-corrected chi connectivity index (χ3v) is 5.81. The molecular formula is C25H29FN2O5. The van der Waals surface area contributed by atoms with Gasteiger partial charge >= 0.3 is 0 Å². The van der Waals surface area contributed by atoms with Crippen LogP contribution in [0.4, 0.5) is 4.39 Å². The monoisotopic (exact) mass is 456 g/mol. The highest BCUT2D eigenvalue weighted by molar-refractivity contribution is 6.46. The molecule has 0 radical (unpaired) electrons. The Hall–Kier alpha value is -3.39. The van der Waals surface area contributed by atoms with E-state index < -0.39 is 23.5 Å². The summed E-state index contributed by atoms with van der Waals surface area (Å²) in [5, 5.41) is 21.1. The Labute approximate surface area is 192 Å².